The van der Waals surface area contributed by atoms with Crippen LogP contribution in [0, 0.1) is 0 Å². The maximum atomic E-state index is 5.68. The molecule has 1 aromatic carbocycles. The van der Waals surface area contributed by atoms with E-state index in [1.54, 1.807) is 21.3 Å². The van der Waals surface area contributed by atoms with Crippen LogP contribution in [-0.4, -0.2) is 62.9 Å². The highest BCUT2D eigenvalue weighted by Gasteiger charge is 2.41. The summed E-state index contributed by atoms with van der Waals surface area (Å²) in [6, 6.07) is 8.13. The van der Waals surface area contributed by atoms with Crippen molar-refractivity contribution in [1.82, 2.24) is 0 Å². The number of hydrogen-bond donors (Lipinski definition) is 0. The number of benzene rings is 1. The first-order valence-corrected chi connectivity index (χ1v) is 7.11. The van der Waals surface area contributed by atoms with E-state index >= 15 is 0 Å². The van der Waals surface area contributed by atoms with Gasteiger partial charge in [-0.05, 0) is 0 Å². The van der Waals surface area contributed by atoms with E-state index in [1.807, 2.05) is 18.2 Å². The molecule has 0 amide bonds. The SMILES string of the molecule is COC([Si])C(OC)(OC)c1ccccc1C[N+](C)(C)C.[Cl-]. The van der Waals surface area contributed by atoms with Gasteiger partial charge in [-0.25, -0.2) is 0 Å². The molecule has 1 unspecified atom stereocenters. The summed E-state index contributed by atoms with van der Waals surface area (Å²) in [5.74, 6) is -0.975. The number of quaternary nitrogens is 1. The Kier molecular flexibility index (Phi) is 8.10. The van der Waals surface area contributed by atoms with Gasteiger partial charge >= 0.3 is 0 Å². The van der Waals surface area contributed by atoms with Crippen LogP contribution in [0.2, 0.25) is 0 Å². The molecule has 6 heteroatoms. The zero-order valence-electron chi connectivity index (χ0n) is 13.6. The minimum absolute atomic E-state index is 0. The van der Waals surface area contributed by atoms with E-state index in [9.17, 15) is 0 Å². The van der Waals surface area contributed by atoms with Crippen LogP contribution in [0.5, 0.6) is 0 Å². The standard InChI is InChI=1S/C15H25NO3Si.ClH/c1-16(2,3)11-12-9-7-8-10-13(12)15(18-5,19-6)14(20)17-4;/h7-10,14H,11H2,1-6H3;1H/q+1;/p-1. The topological polar surface area (TPSA) is 27.7 Å². The van der Waals surface area contributed by atoms with Gasteiger partial charge in [-0.3, -0.25) is 0 Å². The van der Waals surface area contributed by atoms with Crippen molar-refractivity contribution >= 4 is 10.2 Å². The van der Waals surface area contributed by atoms with E-state index in [2.05, 4.69) is 37.5 Å². The van der Waals surface area contributed by atoms with Gasteiger partial charge in [-0.1, -0.05) is 24.3 Å². The van der Waals surface area contributed by atoms with Crippen molar-refractivity contribution in [2.45, 2.75) is 18.1 Å². The molecule has 0 spiro atoms. The smallest absolute Gasteiger partial charge is 0.218 e. The monoisotopic (exact) mass is 330 g/mol. The van der Waals surface area contributed by atoms with Crippen molar-refractivity contribution in [3.8, 4) is 0 Å². The minimum Gasteiger partial charge on any atom is -1.00 e. The summed E-state index contributed by atoms with van der Waals surface area (Å²) in [7, 11) is 14.9. The van der Waals surface area contributed by atoms with Gasteiger partial charge < -0.3 is 31.1 Å². The summed E-state index contributed by atoms with van der Waals surface area (Å²) in [6.45, 7) is 0.868. The molecule has 0 aromatic heterocycles. The fourth-order valence-corrected chi connectivity index (χ4v) is 2.71. The summed E-state index contributed by atoms with van der Waals surface area (Å²) in [5.41, 5.74) is 1.73. The minimum atomic E-state index is -0.975. The van der Waals surface area contributed by atoms with Gasteiger partial charge in [0, 0.05) is 32.5 Å². The van der Waals surface area contributed by atoms with Crippen LogP contribution in [0.1, 0.15) is 11.1 Å². The summed E-state index contributed by atoms with van der Waals surface area (Å²) >= 11 is 0. The average molecular weight is 331 g/mol. The Morgan fingerprint density at radius 2 is 1.62 bits per heavy atom. The molecule has 3 radical (unpaired) electrons. The lowest BCUT2D eigenvalue weighted by Crippen LogP contribution is -3.00. The number of halogens is 1. The number of ether oxygens (including phenoxy) is 3. The molecule has 0 fully saturated rings. The molecule has 0 bridgehead atoms. The van der Waals surface area contributed by atoms with Gasteiger partial charge in [0.05, 0.1) is 37.1 Å². The second-order valence-electron chi connectivity index (χ2n) is 5.80. The molecule has 0 N–H and O–H groups in total. The summed E-state index contributed by atoms with van der Waals surface area (Å²) in [6.07, 6.45) is 0. The van der Waals surface area contributed by atoms with Crippen molar-refractivity contribution in [1.29, 1.82) is 0 Å². The summed E-state index contributed by atoms with van der Waals surface area (Å²) < 4.78 is 17.6. The van der Waals surface area contributed by atoms with Gasteiger partial charge in [0.1, 0.15) is 6.54 Å². The molecule has 4 nitrogen and oxygen atoms in total. The molecule has 0 saturated carbocycles. The normalized spacial score (nSPS) is 13.7. The first kappa shape index (κ1) is 20.6. The maximum absolute atomic E-state index is 5.68. The molecule has 1 atom stereocenters. The van der Waals surface area contributed by atoms with Crippen LogP contribution in [0.3, 0.4) is 0 Å². The Bertz CT molecular complexity index is 433. The van der Waals surface area contributed by atoms with Gasteiger partial charge in [0.15, 0.2) is 0 Å². The van der Waals surface area contributed by atoms with Crippen LogP contribution in [-0.2, 0) is 26.5 Å². The maximum Gasteiger partial charge on any atom is 0.218 e. The van der Waals surface area contributed by atoms with Crippen molar-refractivity contribution < 1.29 is 31.1 Å². The zero-order chi connectivity index (χ0) is 15.4. The first-order valence-electron chi connectivity index (χ1n) is 6.53. The van der Waals surface area contributed by atoms with Crippen LogP contribution in [0.25, 0.3) is 0 Å². The molecule has 119 valence electrons. The Hall–Kier alpha value is -0.433. The number of hydrogen-bond acceptors (Lipinski definition) is 3. The highest BCUT2D eigenvalue weighted by atomic mass is 35.5. The van der Waals surface area contributed by atoms with E-state index in [1.165, 1.54) is 5.56 Å². The molecule has 21 heavy (non-hydrogen) atoms. The van der Waals surface area contributed by atoms with Crippen molar-refractivity contribution in [3.63, 3.8) is 0 Å². The Balaban J connectivity index is 0.00000400. The predicted octanol–water partition coefficient (Wildman–Crippen LogP) is -1.52. The Labute approximate surface area is 137 Å². The quantitative estimate of drug-likeness (QED) is 0.345. The van der Waals surface area contributed by atoms with Crippen molar-refractivity contribution in [2.75, 3.05) is 42.5 Å². The third-order valence-corrected chi connectivity index (χ3v) is 3.84. The predicted molar refractivity (Wildman–Crippen MR) is 80.4 cm³/mol. The first-order chi connectivity index (χ1) is 9.30. The van der Waals surface area contributed by atoms with Gasteiger partial charge in [-0.15, -0.1) is 0 Å². The molecule has 1 aromatic rings. The van der Waals surface area contributed by atoms with Crippen LogP contribution in [0.15, 0.2) is 24.3 Å². The molecule has 0 aliphatic rings. The lowest BCUT2D eigenvalue weighted by atomic mass is 9.98. The fraction of sp³-hybridized carbons (Fsp3) is 0.600. The summed E-state index contributed by atoms with van der Waals surface area (Å²) in [5, 5.41) is 0. The van der Waals surface area contributed by atoms with Gasteiger partial charge in [0.2, 0.25) is 5.79 Å². The second-order valence-corrected chi connectivity index (χ2v) is 6.32. The van der Waals surface area contributed by atoms with E-state index in [0.717, 1.165) is 16.6 Å². The van der Waals surface area contributed by atoms with E-state index in [4.69, 9.17) is 14.2 Å². The fourth-order valence-electron chi connectivity index (χ4n) is 2.32. The zero-order valence-corrected chi connectivity index (χ0v) is 15.4. The number of rotatable bonds is 7. The van der Waals surface area contributed by atoms with E-state index in [0.29, 0.717) is 0 Å². The molecular formula is C15H25ClNO3Si. The lowest BCUT2D eigenvalue weighted by molar-refractivity contribution is -0.884. The van der Waals surface area contributed by atoms with Crippen LogP contribution in [0.4, 0.5) is 0 Å². The molecule has 0 aliphatic carbocycles. The Morgan fingerprint density at radius 3 is 2.05 bits per heavy atom. The summed E-state index contributed by atoms with van der Waals surface area (Å²) in [4.78, 5) is 0. The number of nitrogens with zero attached hydrogens (tertiary/aromatic N) is 1. The third-order valence-electron chi connectivity index (χ3n) is 3.22. The van der Waals surface area contributed by atoms with Crippen LogP contribution < -0.4 is 12.4 Å². The molecule has 0 saturated heterocycles. The van der Waals surface area contributed by atoms with Crippen LogP contribution >= 0.6 is 0 Å². The largest absolute Gasteiger partial charge is 1.00 e. The Morgan fingerprint density at radius 1 is 1.10 bits per heavy atom. The van der Waals surface area contributed by atoms with Gasteiger partial charge in [0.25, 0.3) is 0 Å². The van der Waals surface area contributed by atoms with E-state index < -0.39 is 11.5 Å². The van der Waals surface area contributed by atoms with Crippen molar-refractivity contribution in [3.05, 3.63) is 35.4 Å². The molecule has 1 rings (SSSR count). The third kappa shape index (κ3) is 4.77. The highest BCUT2D eigenvalue weighted by molar-refractivity contribution is 6.11. The van der Waals surface area contributed by atoms with Gasteiger partial charge in [-0.2, -0.15) is 0 Å². The molecule has 0 aliphatic heterocycles. The average Bonchev–Trinajstić information content (AvgIpc) is 2.40. The van der Waals surface area contributed by atoms with Crippen molar-refractivity contribution in [2.24, 2.45) is 0 Å². The van der Waals surface area contributed by atoms with E-state index in [-0.39, 0.29) is 12.4 Å². The molecule has 0 heterocycles. The highest BCUT2D eigenvalue weighted by Crippen LogP contribution is 2.33. The number of methoxy groups -OCH3 is 3. The second kappa shape index (κ2) is 8.27. The lowest BCUT2D eigenvalue weighted by Gasteiger charge is -2.38. The molecular weight excluding hydrogens is 306 g/mol.